The van der Waals surface area contributed by atoms with Gasteiger partial charge in [-0.3, -0.25) is 0 Å². The molecular formula is C22H23N5O2S. The van der Waals surface area contributed by atoms with Crippen LogP contribution in [0.2, 0.25) is 0 Å². The van der Waals surface area contributed by atoms with Gasteiger partial charge in [0.2, 0.25) is 6.39 Å². The highest BCUT2D eigenvalue weighted by Crippen LogP contribution is 2.34. The van der Waals surface area contributed by atoms with E-state index in [0.29, 0.717) is 5.22 Å². The Kier molecular flexibility index (Phi) is 5.67. The van der Waals surface area contributed by atoms with Crippen molar-refractivity contribution in [2.45, 2.75) is 18.1 Å². The zero-order valence-electron chi connectivity index (χ0n) is 16.6. The first-order chi connectivity index (χ1) is 14.9. The first-order valence-electron chi connectivity index (χ1n) is 10.2. The Morgan fingerprint density at radius 2 is 1.93 bits per heavy atom. The van der Waals surface area contributed by atoms with Gasteiger partial charge in [-0.1, -0.05) is 48.2 Å². The lowest BCUT2D eigenvalue weighted by Gasteiger charge is -2.25. The summed E-state index contributed by atoms with van der Waals surface area (Å²) in [5.41, 5.74) is 5.46. The first kappa shape index (κ1) is 19.1. The van der Waals surface area contributed by atoms with Crippen LogP contribution in [0, 0.1) is 0 Å². The lowest BCUT2D eigenvalue weighted by atomic mass is 9.96. The third-order valence-electron chi connectivity index (χ3n) is 5.26. The number of thioether (sulfide) groups is 1. The van der Waals surface area contributed by atoms with Gasteiger partial charge in [-0.2, -0.15) is 4.98 Å². The Bertz CT molecular complexity index is 1090. The molecule has 3 heterocycles. The highest BCUT2D eigenvalue weighted by Gasteiger charge is 2.20. The van der Waals surface area contributed by atoms with Crippen molar-refractivity contribution < 1.29 is 8.83 Å². The fourth-order valence-corrected chi connectivity index (χ4v) is 4.48. The molecule has 0 unspecified atom stereocenters. The Morgan fingerprint density at radius 3 is 2.73 bits per heavy atom. The summed E-state index contributed by atoms with van der Waals surface area (Å²) < 4.78 is 11.4. The van der Waals surface area contributed by atoms with Crippen LogP contribution in [0.5, 0.6) is 0 Å². The SMILES string of the molecule is c1ccc(-c2ccc3oc(N4CCNCC4)nc3c2CCCSc2nnco2)cc1. The van der Waals surface area contributed by atoms with Crippen molar-refractivity contribution in [2.75, 3.05) is 36.8 Å². The summed E-state index contributed by atoms with van der Waals surface area (Å²) in [6.45, 7) is 3.73. The van der Waals surface area contributed by atoms with Gasteiger partial charge in [0, 0.05) is 31.9 Å². The predicted octanol–water partition coefficient (Wildman–Crippen LogP) is 4.01. The Balaban J connectivity index is 1.45. The fraction of sp³-hybridized carbons (Fsp3) is 0.318. The van der Waals surface area contributed by atoms with Gasteiger partial charge < -0.3 is 19.1 Å². The normalized spacial score (nSPS) is 14.5. The molecule has 1 aliphatic rings. The average Bonchev–Trinajstić information content (AvgIpc) is 3.48. The van der Waals surface area contributed by atoms with Gasteiger partial charge in [0.25, 0.3) is 11.2 Å². The van der Waals surface area contributed by atoms with Crippen LogP contribution in [0.25, 0.3) is 22.2 Å². The second kappa shape index (κ2) is 8.89. The van der Waals surface area contributed by atoms with E-state index in [0.717, 1.165) is 61.9 Å². The number of hydrogen-bond donors (Lipinski definition) is 1. The van der Waals surface area contributed by atoms with Crippen LogP contribution < -0.4 is 10.2 Å². The van der Waals surface area contributed by atoms with E-state index in [1.165, 1.54) is 23.1 Å². The van der Waals surface area contributed by atoms with E-state index in [-0.39, 0.29) is 0 Å². The number of nitrogens with zero attached hydrogens (tertiary/aromatic N) is 4. The number of benzene rings is 2. The molecule has 0 bridgehead atoms. The van der Waals surface area contributed by atoms with E-state index in [2.05, 4.69) is 50.7 Å². The maximum absolute atomic E-state index is 6.15. The molecule has 0 spiro atoms. The molecule has 0 aliphatic carbocycles. The van der Waals surface area contributed by atoms with E-state index in [1.807, 2.05) is 12.1 Å². The smallest absolute Gasteiger partial charge is 0.298 e. The number of oxazole rings is 1. The molecule has 1 saturated heterocycles. The number of fused-ring (bicyclic) bond motifs is 1. The molecule has 1 fully saturated rings. The lowest BCUT2D eigenvalue weighted by Crippen LogP contribution is -2.43. The summed E-state index contributed by atoms with van der Waals surface area (Å²) in [4.78, 5) is 7.15. The summed E-state index contributed by atoms with van der Waals surface area (Å²) in [5.74, 6) is 0.898. The number of aromatic nitrogens is 3. The van der Waals surface area contributed by atoms with Crippen molar-refractivity contribution in [1.82, 2.24) is 20.5 Å². The van der Waals surface area contributed by atoms with Gasteiger partial charge in [-0.25, -0.2) is 0 Å². The van der Waals surface area contributed by atoms with Crippen LogP contribution >= 0.6 is 11.8 Å². The Labute approximate surface area is 178 Å². The number of aryl methyl sites for hydroxylation is 1. The largest absolute Gasteiger partial charge is 0.423 e. The van der Waals surface area contributed by atoms with Crippen LogP contribution in [-0.4, -0.2) is 47.1 Å². The van der Waals surface area contributed by atoms with Crippen molar-refractivity contribution in [3.63, 3.8) is 0 Å². The zero-order chi connectivity index (χ0) is 20.2. The van der Waals surface area contributed by atoms with Gasteiger partial charge >= 0.3 is 0 Å². The third-order valence-corrected chi connectivity index (χ3v) is 6.18. The summed E-state index contributed by atoms with van der Waals surface area (Å²) >= 11 is 1.58. The molecule has 5 rings (SSSR count). The number of hydrogen-bond acceptors (Lipinski definition) is 8. The number of piperazine rings is 1. The van der Waals surface area contributed by atoms with Crippen LogP contribution in [0.15, 0.2) is 62.9 Å². The van der Waals surface area contributed by atoms with Crippen molar-refractivity contribution in [2.24, 2.45) is 0 Å². The first-order valence-corrected chi connectivity index (χ1v) is 11.2. The molecule has 0 saturated carbocycles. The maximum atomic E-state index is 6.15. The highest BCUT2D eigenvalue weighted by molar-refractivity contribution is 7.99. The molecule has 0 radical (unpaired) electrons. The Morgan fingerprint density at radius 1 is 1.07 bits per heavy atom. The molecule has 7 nitrogen and oxygen atoms in total. The second-order valence-electron chi connectivity index (χ2n) is 7.19. The summed E-state index contributed by atoms with van der Waals surface area (Å²) in [6, 6.07) is 15.4. The van der Waals surface area contributed by atoms with Crippen LogP contribution in [0.3, 0.4) is 0 Å². The monoisotopic (exact) mass is 421 g/mol. The highest BCUT2D eigenvalue weighted by atomic mass is 32.2. The summed E-state index contributed by atoms with van der Waals surface area (Å²) in [5, 5.41) is 11.7. The number of anilines is 1. The molecule has 0 atom stereocenters. The third kappa shape index (κ3) is 4.06. The molecule has 2 aromatic carbocycles. The van der Waals surface area contributed by atoms with Crippen molar-refractivity contribution >= 4 is 28.9 Å². The molecule has 1 aliphatic heterocycles. The second-order valence-corrected chi connectivity index (χ2v) is 8.24. The number of nitrogens with one attached hydrogen (secondary N) is 1. The van der Waals surface area contributed by atoms with E-state index < -0.39 is 0 Å². The molecule has 0 amide bonds. The lowest BCUT2D eigenvalue weighted by molar-refractivity contribution is 0.453. The predicted molar refractivity (Wildman–Crippen MR) is 118 cm³/mol. The van der Waals surface area contributed by atoms with Gasteiger partial charge in [0.15, 0.2) is 5.58 Å². The Hall–Kier alpha value is -2.84. The van der Waals surface area contributed by atoms with Gasteiger partial charge in [0.1, 0.15) is 5.52 Å². The molecular weight excluding hydrogens is 398 g/mol. The van der Waals surface area contributed by atoms with E-state index in [4.69, 9.17) is 13.8 Å². The summed E-state index contributed by atoms with van der Waals surface area (Å²) in [7, 11) is 0. The maximum Gasteiger partial charge on any atom is 0.298 e. The molecule has 30 heavy (non-hydrogen) atoms. The van der Waals surface area contributed by atoms with Crippen LogP contribution in [-0.2, 0) is 6.42 Å². The standard InChI is InChI=1S/C22H23N5O2S/c1-2-5-16(6-3-1)17-8-9-19-20(25-21(29-19)27-12-10-23-11-13-27)18(17)7-4-14-30-22-26-24-15-28-22/h1-3,5-6,8-9,15,23H,4,7,10-14H2. The minimum absolute atomic E-state index is 0.610. The van der Waals surface area contributed by atoms with Crippen molar-refractivity contribution in [3.05, 3.63) is 54.4 Å². The van der Waals surface area contributed by atoms with Gasteiger partial charge in [-0.05, 0) is 35.6 Å². The van der Waals surface area contributed by atoms with Crippen molar-refractivity contribution in [1.29, 1.82) is 0 Å². The van der Waals surface area contributed by atoms with Crippen LogP contribution in [0.1, 0.15) is 12.0 Å². The fourth-order valence-electron chi connectivity index (χ4n) is 3.80. The molecule has 154 valence electrons. The van der Waals surface area contributed by atoms with E-state index >= 15 is 0 Å². The van der Waals surface area contributed by atoms with E-state index in [9.17, 15) is 0 Å². The zero-order valence-corrected chi connectivity index (χ0v) is 17.4. The minimum atomic E-state index is 0.610. The molecule has 1 N–H and O–H groups in total. The van der Waals surface area contributed by atoms with Crippen molar-refractivity contribution in [3.8, 4) is 11.1 Å². The molecule has 8 heteroatoms. The van der Waals surface area contributed by atoms with Gasteiger partial charge in [-0.15, -0.1) is 10.2 Å². The molecule has 4 aromatic rings. The quantitative estimate of drug-likeness (QED) is 0.354. The topological polar surface area (TPSA) is 80.2 Å². The minimum Gasteiger partial charge on any atom is -0.423 e. The average molecular weight is 422 g/mol. The van der Waals surface area contributed by atoms with Crippen LogP contribution in [0.4, 0.5) is 6.01 Å². The van der Waals surface area contributed by atoms with E-state index in [1.54, 1.807) is 11.8 Å². The van der Waals surface area contributed by atoms with Gasteiger partial charge in [0.05, 0.1) is 0 Å². The number of rotatable bonds is 7. The summed E-state index contributed by atoms with van der Waals surface area (Å²) in [6.07, 6.45) is 3.24. The molecule has 2 aromatic heterocycles.